The normalized spacial score (nSPS) is 16.7. The summed E-state index contributed by atoms with van der Waals surface area (Å²) in [7, 11) is 0. The van der Waals surface area contributed by atoms with Gasteiger partial charge in [-0.1, -0.05) is 19.8 Å². The van der Waals surface area contributed by atoms with Crippen molar-refractivity contribution in [1.82, 2.24) is 0 Å². The molecule has 1 aromatic rings. The molecule has 0 radical (unpaired) electrons. The highest BCUT2D eigenvalue weighted by Gasteiger charge is 2.29. The van der Waals surface area contributed by atoms with Gasteiger partial charge in [0.25, 0.3) is 0 Å². The number of aryl methyl sites for hydroxylation is 1. The van der Waals surface area contributed by atoms with E-state index in [0.717, 1.165) is 18.6 Å². The topological polar surface area (TPSA) is 33.4 Å². The molecule has 0 fully saturated rings. The van der Waals surface area contributed by atoms with Crippen molar-refractivity contribution in [2.45, 2.75) is 38.7 Å². The Morgan fingerprint density at radius 2 is 2.40 bits per heavy atom. The molecule has 1 rings (SSSR count). The first-order valence-corrected chi connectivity index (χ1v) is 5.35. The number of hydrogen-bond donors (Lipinski definition) is 1. The number of furan rings is 1. The Morgan fingerprint density at radius 1 is 1.67 bits per heavy atom. The van der Waals surface area contributed by atoms with Crippen LogP contribution in [0.15, 0.2) is 22.8 Å². The summed E-state index contributed by atoms with van der Waals surface area (Å²) < 4.78 is 5.23. The molecule has 0 saturated carbocycles. The van der Waals surface area contributed by atoms with E-state index in [2.05, 4.69) is 5.92 Å². The highest BCUT2D eigenvalue weighted by atomic mass is 16.3. The second-order valence-corrected chi connectivity index (χ2v) is 3.94. The molecule has 2 atom stereocenters. The van der Waals surface area contributed by atoms with Gasteiger partial charge in [-0.3, -0.25) is 0 Å². The van der Waals surface area contributed by atoms with Gasteiger partial charge in [-0.15, -0.1) is 6.42 Å². The molecule has 0 aliphatic heterocycles. The summed E-state index contributed by atoms with van der Waals surface area (Å²) in [4.78, 5) is 0. The Kier molecular flexibility index (Phi) is 3.99. The molecule has 0 aliphatic carbocycles. The molecular weight excluding hydrogens is 188 g/mol. The van der Waals surface area contributed by atoms with E-state index in [0.29, 0.717) is 6.42 Å². The number of hydrogen-bond acceptors (Lipinski definition) is 2. The molecule has 0 saturated heterocycles. The van der Waals surface area contributed by atoms with E-state index in [9.17, 15) is 5.11 Å². The average Bonchev–Trinajstić information content (AvgIpc) is 2.77. The van der Waals surface area contributed by atoms with E-state index in [1.54, 1.807) is 6.26 Å². The minimum Gasteiger partial charge on any atom is -0.469 e. The zero-order valence-corrected chi connectivity index (χ0v) is 9.36. The van der Waals surface area contributed by atoms with Crippen molar-refractivity contribution in [1.29, 1.82) is 0 Å². The largest absolute Gasteiger partial charge is 0.469 e. The van der Waals surface area contributed by atoms with Gasteiger partial charge in [0.2, 0.25) is 0 Å². The van der Waals surface area contributed by atoms with Gasteiger partial charge >= 0.3 is 0 Å². The Bertz CT molecular complexity index is 321. The van der Waals surface area contributed by atoms with Crippen molar-refractivity contribution in [3.8, 4) is 12.3 Å². The van der Waals surface area contributed by atoms with Gasteiger partial charge in [0, 0.05) is 6.42 Å². The van der Waals surface area contributed by atoms with Gasteiger partial charge in [0.1, 0.15) is 11.4 Å². The second kappa shape index (κ2) is 5.04. The monoisotopic (exact) mass is 206 g/mol. The maximum atomic E-state index is 10.1. The molecule has 2 nitrogen and oxygen atoms in total. The van der Waals surface area contributed by atoms with E-state index >= 15 is 0 Å². The van der Waals surface area contributed by atoms with Gasteiger partial charge in [-0.05, 0) is 30.9 Å². The maximum absolute atomic E-state index is 10.1. The second-order valence-electron chi connectivity index (χ2n) is 3.94. The quantitative estimate of drug-likeness (QED) is 0.751. The van der Waals surface area contributed by atoms with E-state index in [-0.39, 0.29) is 5.92 Å². The van der Waals surface area contributed by atoms with Crippen LogP contribution in [-0.4, -0.2) is 10.7 Å². The molecule has 0 bridgehead atoms. The lowest BCUT2D eigenvalue weighted by atomic mass is 9.84. The number of rotatable bonds is 5. The van der Waals surface area contributed by atoms with E-state index in [4.69, 9.17) is 10.8 Å². The van der Waals surface area contributed by atoms with Crippen LogP contribution < -0.4 is 0 Å². The van der Waals surface area contributed by atoms with Crippen LogP contribution in [-0.2, 0) is 6.42 Å². The Hall–Kier alpha value is -1.20. The fraction of sp³-hybridized carbons (Fsp3) is 0.538. The molecule has 15 heavy (non-hydrogen) atoms. The summed E-state index contributed by atoms with van der Waals surface area (Å²) in [5.41, 5.74) is -0.980. The lowest BCUT2D eigenvalue weighted by molar-refractivity contribution is 0.0377. The fourth-order valence-electron chi connectivity index (χ4n) is 1.65. The van der Waals surface area contributed by atoms with Crippen molar-refractivity contribution < 1.29 is 9.52 Å². The fourth-order valence-corrected chi connectivity index (χ4v) is 1.65. The van der Waals surface area contributed by atoms with Crippen LogP contribution in [0.3, 0.4) is 0 Å². The third-order valence-electron chi connectivity index (χ3n) is 3.01. The van der Waals surface area contributed by atoms with Gasteiger partial charge in [-0.2, -0.15) is 0 Å². The summed E-state index contributed by atoms with van der Waals surface area (Å²) in [6, 6.07) is 3.81. The molecule has 1 heterocycles. The van der Waals surface area contributed by atoms with Gasteiger partial charge in [0.05, 0.1) is 6.26 Å². The summed E-state index contributed by atoms with van der Waals surface area (Å²) in [6.07, 6.45) is 9.24. The van der Waals surface area contributed by atoms with Crippen LogP contribution in [0.5, 0.6) is 0 Å². The molecule has 1 aromatic heterocycles. The standard InChI is InChI=1S/C13H18O2/c1-4-13(14,5-2)11(3)8-9-12-7-6-10-15-12/h1,6-7,10-11,14H,5,8-9H2,2-3H3. The molecule has 82 valence electrons. The van der Waals surface area contributed by atoms with Gasteiger partial charge in [0.15, 0.2) is 0 Å². The summed E-state index contributed by atoms with van der Waals surface area (Å²) >= 11 is 0. The predicted octanol–water partition coefficient (Wildman–Crippen LogP) is 2.62. The molecule has 0 spiro atoms. The zero-order valence-electron chi connectivity index (χ0n) is 9.36. The first-order valence-electron chi connectivity index (χ1n) is 5.35. The molecular formula is C13H18O2. The Labute approximate surface area is 91.3 Å². The summed E-state index contributed by atoms with van der Waals surface area (Å²) in [5.74, 6) is 3.51. The maximum Gasteiger partial charge on any atom is 0.127 e. The van der Waals surface area contributed by atoms with Gasteiger partial charge in [-0.25, -0.2) is 0 Å². The Balaban J connectivity index is 2.49. The molecule has 0 amide bonds. The van der Waals surface area contributed by atoms with E-state index < -0.39 is 5.60 Å². The van der Waals surface area contributed by atoms with Crippen LogP contribution in [0.25, 0.3) is 0 Å². The van der Waals surface area contributed by atoms with Crippen molar-refractivity contribution in [3.05, 3.63) is 24.2 Å². The van der Waals surface area contributed by atoms with Crippen molar-refractivity contribution in [2.75, 3.05) is 0 Å². The highest BCUT2D eigenvalue weighted by Crippen LogP contribution is 2.24. The van der Waals surface area contributed by atoms with E-state index in [1.165, 1.54) is 0 Å². The minimum absolute atomic E-state index is 0.0811. The lowest BCUT2D eigenvalue weighted by Crippen LogP contribution is -2.34. The third kappa shape index (κ3) is 2.87. The van der Waals surface area contributed by atoms with Crippen molar-refractivity contribution in [3.63, 3.8) is 0 Å². The Morgan fingerprint density at radius 3 is 2.87 bits per heavy atom. The number of aliphatic hydroxyl groups is 1. The third-order valence-corrected chi connectivity index (χ3v) is 3.01. The smallest absolute Gasteiger partial charge is 0.127 e. The predicted molar refractivity (Wildman–Crippen MR) is 60.3 cm³/mol. The lowest BCUT2D eigenvalue weighted by Gasteiger charge is -2.27. The molecule has 2 heteroatoms. The average molecular weight is 206 g/mol. The van der Waals surface area contributed by atoms with Crippen molar-refractivity contribution >= 4 is 0 Å². The van der Waals surface area contributed by atoms with Gasteiger partial charge < -0.3 is 9.52 Å². The van der Waals surface area contributed by atoms with Crippen LogP contribution in [0.4, 0.5) is 0 Å². The molecule has 2 unspecified atom stereocenters. The zero-order chi connectivity index (χ0) is 11.3. The van der Waals surface area contributed by atoms with Crippen LogP contribution >= 0.6 is 0 Å². The molecule has 0 aromatic carbocycles. The van der Waals surface area contributed by atoms with Crippen molar-refractivity contribution in [2.24, 2.45) is 5.92 Å². The highest BCUT2D eigenvalue weighted by molar-refractivity contribution is 5.09. The van der Waals surface area contributed by atoms with Crippen LogP contribution in [0, 0.1) is 18.3 Å². The SMILES string of the molecule is C#CC(O)(CC)C(C)CCc1ccco1. The first-order chi connectivity index (χ1) is 7.12. The molecule has 1 N–H and O–H groups in total. The summed E-state index contributed by atoms with van der Waals surface area (Å²) in [5, 5.41) is 10.1. The molecule has 0 aliphatic rings. The minimum atomic E-state index is -0.980. The van der Waals surface area contributed by atoms with Crippen LogP contribution in [0.2, 0.25) is 0 Å². The van der Waals surface area contributed by atoms with Crippen LogP contribution in [0.1, 0.15) is 32.4 Å². The number of terminal acetylenes is 1. The first kappa shape index (κ1) is 11.9. The summed E-state index contributed by atoms with van der Waals surface area (Å²) in [6.45, 7) is 3.88. The van der Waals surface area contributed by atoms with E-state index in [1.807, 2.05) is 26.0 Å².